The van der Waals surface area contributed by atoms with Crippen molar-refractivity contribution in [2.75, 3.05) is 0 Å². The van der Waals surface area contributed by atoms with Crippen LogP contribution in [0.3, 0.4) is 0 Å². The van der Waals surface area contributed by atoms with E-state index in [9.17, 15) is 4.79 Å². The predicted molar refractivity (Wildman–Crippen MR) is 99.1 cm³/mol. The average Bonchev–Trinajstić information content (AvgIpc) is 3.41. The molecule has 9 nitrogen and oxygen atoms in total. The second kappa shape index (κ2) is 8.21. The van der Waals surface area contributed by atoms with E-state index in [-0.39, 0.29) is 18.9 Å². The first-order valence-electron chi connectivity index (χ1n) is 8.74. The van der Waals surface area contributed by atoms with Gasteiger partial charge in [-0.25, -0.2) is 0 Å². The van der Waals surface area contributed by atoms with Crippen LogP contribution < -0.4 is 5.32 Å². The van der Waals surface area contributed by atoms with E-state index in [0.29, 0.717) is 29.7 Å². The number of benzene rings is 1. The number of hydrogen-bond acceptors (Lipinski definition) is 7. The molecule has 9 heteroatoms. The van der Waals surface area contributed by atoms with Gasteiger partial charge in [0.15, 0.2) is 5.82 Å². The number of carbonyl (C=O) groups excluding carboxylic acids is 1. The maximum absolute atomic E-state index is 12.2. The SMILES string of the molecule is O=C(CCc1nc(-c2ccccn2)no1)NCc1nncn1-c1ccccc1. The number of aromatic nitrogens is 6. The van der Waals surface area contributed by atoms with E-state index in [4.69, 9.17) is 4.52 Å². The molecular weight excluding hydrogens is 358 g/mol. The standard InChI is InChI=1S/C19H17N7O2/c27-17(9-10-18-23-19(25-28-18)15-8-4-5-11-20-15)21-12-16-24-22-13-26(16)14-6-2-1-3-7-14/h1-8,11,13H,9-10,12H2,(H,21,27). The molecule has 4 rings (SSSR count). The normalized spacial score (nSPS) is 10.7. The van der Waals surface area contributed by atoms with Crippen molar-refractivity contribution >= 4 is 5.91 Å². The highest BCUT2D eigenvalue weighted by molar-refractivity contribution is 5.75. The van der Waals surface area contributed by atoms with Gasteiger partial charge in [-0.1, -0.05) is 29.4 Å². The number of para-hydroxylation sites is 1. The van der Waals surface area contributed by atoms with Crippen molar-refractivity contribution in [1.82, 2.24) is 35.2 Å². The van der Waals surface area contributed by atoms with Gasteiger partial charge in [0.2, 0.25) is 17.6 Å². The minimum atomic E-state index is -0.139. The van der Waals surface area contributed by atoms with Crippen LogP contribution in [0.2, 0.25) is 0 Å². The molecular formula is C19H17N7O2. The highest BCUT2D eigenvalue weighted by atomic mass is 16.5. The Bertz CT molecular complexity index is 1040. The molecule has 1 aromatic carbocycles. The van der Waals surface area contributed by atoms with Gasteiger partial charge in [-0.3, -0.25) is 14.3 Å². The smallest absolute Gasteiger partial charge is 0.227 e. The van der Waals surface area contributed by atoms with Crippen LogP contribution in [0.15, 0.2) is 65.6 Å². The summed E-state index contributed by atoms with van der Waals surface area (Å²) in [5.74, 6) is 1.31. The topological polar surface area (TPSA) is 112 Å². The Balaban J connectivity index is 1.30. The number of pyridine rings is 1. The van der Waals surface area contributed by atoms with Gasteiger partial charge < -0.3 is 9.84 Å². The molecule has 0 spiro atoms. The Hall–Kier alpha value is -3.88. The molecule has 0 atom stereocenters. The first kappa shape index (κ1) is 17.5. The molecule has 0 radical (unpaired) electrons. The van der Waals surface area contributed by atoms with Gasteiger partial charge in [-0.15, -0.1) is 10.2 Å². The third-order valence-corrected chi connectivity index (χ3v) is 4.02. The van der Waals surface area contributed by atoms with Crippen LogP contribution in [0.4, 0.5) is 0 Å². The van der Waals surface area contributed by atoms with E-state index < -0.39 is 0 Å². The summed E-state index contributed by atoms with van der Waals surface area (Å²) in [6.07, 6.45) is 3.85. The molecule has 0 unspecified atom stereocenters. The van der Waals surface area contributed by atoms with E-state index in [1.54, 1.807) is 18.6 Å². The molecule has 4 aromatic rings. The minimum absolute atomic E-state index is 0.139. The fraction of sp³-hybridized carbons (Fsp3) is 0.158. The zero-order chi connectivity index (χ0) is 19.2. The lowest BCUT2D eigenvalue weighted by Crippen LogP contribution is -2.24. The lowest BCUT2D eigenvalue weighted by atomic mass is 10.3. The van der Waals surface area contributed by atoms with Crippen molar-refractivity contribution in [3.8, 4) is 17.2 Å². The third kappa shape index (κ3) is 4.09. The Labute approximate surface area is 160 Å². The van der Waals surface area contributed by atoms with Gasteiger partial charge in [-0.2, -0.15) is 4.98 Å². The van der Waals surface area contributed by atoms with Gasteiger partial charge in [-0.05, 0) is 24.3 Å². The molecule has 0 aliphatic heterocycles. The van der Waals surface area contributed by atoms with Crippen molar-refractivity contribution in [3.05, 3.63) is 72.8 Å². The van der Waals surface area contributed by atoms with Crippen LogP contribution in [0.25, 0.3) is 17.2 Å². The molecule has 1 amide bonds. The molecule has 0 fully saturated rings. The molecule has 0 saturated carbocycles. The summed E-state index contributed by atoms with van der Waals surface area (Å²) in [6, 6.07) is 15.2. The first-order chi connectivity index (χ1) is 13.8. The first-order valence-corrected chi connectivity index (χ1v) is 8.74. The summed E-state index contributed by atoms with van der Waals surface area (Å²) in [5.41, 5.74) is 1.56. The number of aryl methyl sites for hydroxylation is 1. The number of nitrogens with zero attached hydrogens (tertiary/aromatic N) is 6. The van der Waals surface area contributed by atoms with E-state index >= 15 is 0 Å². The van der Waals surface area contributed by atoms with Gasteiger partial charge in [0.05, 0.1) is 6.54 Å². The third-order valence-electron chi connectivity index (χ3n) is 4.02. The number of hydrogen-bond donors (Lipinski definition) is 1. The van der Waals surface area contributed by atoms with Crippen LogP contribution in [0.1, 0.15) is 18.1 Å². The number of carbonyl (C=O) groups is 1. The van der Waals surface area contributed by atoms with Crippen LogP contribution in [-0.4, -0.2) is 35.8 Å². The Kier molecular flexibility index (Phi) is 5.14. The van der Waals surface area contributed by atoms with Gasteiger partial charge in [0.25, 0.3) is 0 Å². The van der Waals surface area contributed by atoms with Gasteiger partial charge in [0.1, 0.15) is 12.0 Å². The zero-order valence-electron chi connectivity index (χ0n) is 14.9. The molecule has 0 aliphatic rings. The maximum Gasteiger partial charge on any atom is 0.227 e. The fourth-order valence-corrected chi connectivity index (χ4v) is 2.63. The summed E-state index contributed by atoms with van der Waals surface area (Å²) < 4.78 is 7.02. The van der Waals surface area contributed by atoms with Crippen molar-refractivity contribution in [2.24, 2.45) is 0 Å². The summed E-state index contributed by atoms with van der Waals surface area (Å²) in [7, 11) is 0. The summed E-state index contributed by atoms with van der Waals surface area (Å²) >= 11 is 0. The maximum atomic E-state index is 12.2. The van der Waals surface area contributed by atoms with Crippen molar-refractivity contribution in [2.45, 2.75) is 19.4 Å². The molecule has 3 heterocycles. The second-order valence-electron chi connectivity index (χ2n) is 5.96. The predicted octanol–water partition coefficient (Wildman–Crippen LogP) is 1.96. The van der Waals surface area contributed by atoms with Gasteiger partial charge in [0, 0.05) is 24.7 Å². The van der Waals surface area contributed by atoms with E-state index in [0.717, 1.165) is 5.69 Å². The Morgan fingerprint density at radius 2 is 1.96 bits per heavy atom. The number of nitrogens with one attached hydrogen (secondary N) is 1. The Morgan fingerprint density at radius 3 is 2.79 bits per heavy atom. The van der Waals surface area contributed by atoms with Crippen LogP contribution in [0, 0.1) is 0 Å². The van der Waals surface area contributed by atoms with Gasteiger partial charge >= 0.3 is 0 Å². The van der Waals surface area contributed by atoms with E-state index in [1.807, 2.05) is 47.0 Å². The molecule has 3 aromatic heterocycles. The molecule has 1 N–H and O–H groups in total. The highest BCUT2D eigenvalue weighted by Gasteiger charge is 2.12. The van der Waals surface area contributed by atoms with E-state index in [2.05, 4.69) is 30.6 Å². The molecule has 0 saturated heterocycles. The Morgan fingerprint density at radius 1 is 1.11 bits per heavy atom. The van der Waals surface area contributed by atoms with E-state index in [1.165, 1.54) is 0 Å². The lowest BCUT2D eigenvalue weighted by molar-refractivity contribution is -0.121. The molecule has 0 aliphatic carbocycles. The van der Waals surface area contributed by atoms with Crippen LogP contribution in [0.5, 0.6) is 0 Å². The number of amides is 1. The monoisotopic (exact) mass is 375 g/mol. The second-order valence-corrected chi connectivity index (χ2v) is 5.96. The number of rotatable bonds is 7. The highest BCUT2D eigenvalue weighted by Crippen LogP contribution is 2.13. The quantitative estimate of drug-likeness (QED) is 0.525. The van der Waals surface area contributed by atoms with Crippen molar-refractivity contribution in [1.29, 1.82) is 0 Å². The van der Waals surface area contributed by atoms with Crippen LogP contribution >= 0.6 is 0 Å². The molecule has 0 bridgehead atoms. The summed E-state index contributed by atoms with van der Waals surface area (Å²) in [4.78, 5) is 20.6. The summed E-state index contributed by atoms with van der Waals surface area (Å²) in [6.45, 7) is 0.275. The van der Waals surface area contributed by atoms with Crippen molar-refractivity contribution in [3.63, 3.8) is 0 Å². The molecule has 28 heavy (non-hydrogen) atoms. The largest absolute Gasteiger partial charge is 0.349 e. The lowest BCUT2D eigenvalue weighted by Gasteiger charge is -2.07. The average molecular weight is 375 g/mol. The van der Waals surface area contributed by atoms with Crippen molar-refractivity contribution < 1.29 is 9.32 Å². The zero-order valence-corrected chi connectivity index (χ0v) is 14.9. The summed E-state index contributed by atoms with van der Waals surface area (Å²) in [5, 5.41) is 14.7. The fourth-order valence-electron chi connectivity index (χ4n) is 2.63. The van der Waals surface area contributed by atoms with Crippen LogP contribution in [-0.2, 0) is 17.8 Å². The molecule has 140 valence electrons. The minimum Gasteiger partial charge on any atom is -0.349 e.